The Labute approximate surface area is 131 Å². The summed E-state index contributed by atoms with van der Waals surface area (Å²) in [5.74, 6) is 1.70. The van der Waals surface area contributed by atoms with Gasteiger partial charge in [0.2, 0.25) is 5.91 Å². The molecule has 1 aromatic rings. The summed E-state index contributed by atoms with van der Waals surface area (Å²) in [5.41, 5.74) is 0. The van der Waals surface area contributed by atoms with Crippen LogP contribution in [-0.2, 0) is 11.3 Å². The van der Waals surface area contributed by atoms with Crippen LogP contribution in [0.4, 0.5) is 0 Å². The van der Waals surface area contributed by atoms with Crippen LogP contribution in [0.25, 0.3) is 0 Å². The molecule has 0 aromatic carbocycles. The van der Waals surface area contributed by atoms with Gasteiger partial charge in [0.25, 0.3) is 0 Å². The molecule has 1 saturated carbocycles. The van der Waals surface area contributed by atoms with E-state index in [4.69, 9.17) is 0 Å². The standard InChI is InChI=1S/C16H25N3OS/c20-16(13-21-15-4-1-2-5-15)18-10-6-14(7-11-18)12-19-9-3-8-17-19/h3,8-9,14-15H,1-2,4-7,10-13H2. The first kappa shape index (κ1) is 14.9. The van der Waals surface area contributed by atoms with Crippen molar-refractivity contribution in [2.45, 2.75) is 50.3 Å². The minimum Gasteiger partial charge on any atom is -0.342 e. The van der Waals surface area contributed by atoms with Gasteiger partial charge >= 0.3 is 0 Å². The molecular formula is C16H25N3OS. The average molecular weight is 307 g/mol. The third kappa shape index (κ3) is 4.25. The van der Waals surface area contributed by atoms with Gasteiger partial charge in [-0.05, 0) is 37.7 Å². The number of likely N-dealkylation sites (tertiary alicyclic amines) is 1. The van der Waals surface area contributed by atoms with Crippen molar-refractivity contribution in [2.24, 2.45) is 5.92 Å². The van der Waals surface area contributed by atoms with Gasteiger partial charge in [-0.2, -0.15) is 5.10 Å². The molecule has 2 heterocycles. The largest absolute Gasteiger partial charge is 0.342 e. The van der Waals surface area contributed by atoms with E-state index < -0.39 is 0 Å². The summed E-state index contributed by atoms with van der Waals surface area (Å²) < 4.78 is 2.01. The van der Waals surface area contributed by atoms with E-state index in [1.807, 2.05) is 34.9 Å². The number of carbonyl (C=O) groups excluding carboxylic acids is 1. The normalized spacial score (nSPS) is 21.0. The predicted molar refractivity (Wildman–Crippen MR) is 86.2 cm³/mol. The first-order valence-corrected chi connectivity index (χ1v) is 9.23. The molecule has 21 heavy (non-hydrogen) atoms. The van der Waals surface area contributed by atoms with E-state index in [0.29, 0.717) is 17.6 Å². The van der Waals surface area contributed by atoms with E-state index in [0.717, 1.165) is 37.7 Å². The highest BCUT2D eigenvalue weighted by Crippen LogP contribution is 2.29. The molecule has 0 radical (unpaired) electrons. The Morgan fingerprint density at radius 2 is 1.95 bits per heavy atom. The number of piperidine rings is 1. The van der Waals surface area contributed by atoms with Crippen molar-refractivity contribution in [1.29, 1.82) is 0 Å². The maximum absolute atomic E-state index is 12.3. The number of thioether (sulfide) groups is 1. The summed E-state index contributed by atoms with van der Waals surface area (Å²) in [6, 6.07) is 1.97. The van der Waals surface area contributed by atoms with Crippen LogP contribution in [0.1, 0.15) is 38.5 Å². The highest BCUT2D eigenvalue weighted by atomic mass is 32.2. The summed E-state index contributed by atoms with van der Waals surface area (Å²) in [6.45, 7) is 2.85. The van der Waals surface area contributed by atoms with Gasteiger partial charge < -0.3 is 4.90 Å². The average Bonchev–Trinajstić information content (AvgIpc) is 3.19. The second kappa shape index (κ2) is 7.34. The van der Waals surface area contributed by atoms with Crippen LogP contribution in [-0.4, -0.2) is 44.7 Å². The van der Waals surface area contributed by atoms with Gasteiger partial charge in [-0.25, -0.2) is 0 Å². The van der Waals surface area contributed by atoms with Gasteiger partial charge in [-0.3, -0.25) is 9.48 Å². The number of hydrogen-bond acceptors (Lipinski definition) is 3. The lowest BCUT2D eigenvalue weighted by atomic mass is 9.97. The predicted octanol–water partition coefficient (Wildman–Crippen LogP) is 2.80. The van der Waals surface area contributed by atoms with E-state index in [2.05, 4.69) is 10.00 Å². The molecule has 3 rings (SSSR count). The lowest BCUT2D eigenvalue weighted by Crippen LogP contribution is -2.40. The van der Waals surface area contributed by atoms with Crippen LogP contribution >= 0.6 is 11.8 Å². The Kier molecular flexibility index (Phi) is 5.22. The fraction of sp³-hybridized carbons (Fsp3) is 0.750. The van der Waals surface area contributed by atoms with Gasteiger partial charge in [0, 0.05) is 37.3 Å². The minimum absolute atomic E-state index is 0.351. The number of rotatable bonds is 5. The van der Waals surface area contributed by atoms with Crippen molar-refractivity contribution in [1.82, 2.24) is 14.7 Å². The third-order valence-electron chi connectivity index (χ3n) is 4.72. The lowest BCUT2D eigenvalue weighted by molar-refractivity contribution is -0.129. The Balaban J connectivity index is 1.37. The summed E-state index contributed by atoms with van der Waals surface area (Å²) in [6.07, 6.45) is 11.4. The molecule has 116 valence electrons. The number of nitrogens with zero attached hydrogens (tertiary/aromatic N) is 3. The molecule has 1 aromatic heterocycles. The maximum Gasteiger partial charge on any atom is 0.232 e. The second-order valence-corrected chi connectivity index (χ2v) is 7.56. The first-order chi connectivity index (χ1) is 10.3. The van der Waals surface area contributed by atoms with E-state index >= 15 is 0 Å². The van der Waals surface area contributed by atoms with E-state index in [1.54, 1.807) is 0 Å². The monoisotopic (exact) mass is 307 g/mol. The van der Waals surface area contributed by atoms with E-state index in [9.17, 15) is 4.79 Å². The molecule has 1 amide bonds. The minimum atomic E-state index is 0.351. The van der Waals surface area contributed by atoms with Crippen molar-refractivity contribution >= 4 is 17.7 Å². The molecule has 0 spiro atoms. The summed E-state index contributed by atoms with van der Waals surface area (Å²) in [5, 5.41) is 5.01. The van der Waals surface area contributed by atoms with Crippen molar-refractivity contribution < 1.29 is 4.79 Å². The Morgan fingerprint density at radius 3 is 2.62 bits per heavy atom. The van der Waals surface area contributed by atoms with Gasteiger partial charge in [-0.1, -0.05) is 12.8 Å². The SMILES string of the molecule is O=C(CSC1CCCC1)N1CCC(Cn2cccn2)CC1. The van der Waals surface area contributed by atoms with Crippen LogP contribution < -0.4 is 0 Å². The molecule has 0 unspecified atom stereocenters. The van der Waals surface area contributed by atoms with Crippen molar-refractivity contribution in [3.05, 3.63) is 18.5 Å². The number of hydrogen-bond donors (Lipinski definition) is 0. The van der Waals surface area contributed by atoms with Gasteiger partial charge in [0.05, 0.1) is 5.75 Å². The summed E-state index contributed by atoms with van der Waals surface area (Å²) >= 11 is 1.89. The zero-order valence-electron chi connectivity index (χ0n) is 12.6. The lowest BCUT2D eigenvalue weighted by Gasteiger charge is -2.32. The van der Waals surface area contributed by atoms with Crippen LogP contribution in [0.2, 0.25) is 0 Å². The number of carbonyl (C=O) groups is 1. The Bertz CT molecular complexity index is 434. The van der Waals surface area contributed by atoms with Crippen molar-refractivity contribution in [3.8, 4) is 0 Å². The maximum atomic E-state index is 12.3. The Morgan fingerprint density at radius 1 is 1.19 bits per heavy atom. The van der Waals surface area contributed by atoms with E-state index in [-0.39, 0.29) is 0 Å². The molecule has 0 N–H and O–H groups in total. The van der Waals surface area contributed by atoms with E-state index in [1.165, 1.54) is 25.7 Å². The topological polar surface area (TPSA) is 38.1 Å². The zero-order chi connectivity index (χ0) is 14.5. The molecule has 4 nitrogen and oxygen atoms in total. The van der Waals surface area contributed by atoms with Gasteiger partial charge in [0.1, 0.15) is 0 Å². The molecule has 1 aliphatic carbocycles. The fourth-order valence-electron chi connectivity index (χ4n) is 3.37. The molecule has 2 fully saturated rings. The second-order valence-electron chi connectivity index (χ2n) is 6.27. The highest BCUT2D eigenvalue weighted by molar-refractivity contribution is 8.00. The summed E-state index contributed by atoms with van der Waals surface area (Å²) in [7, 11) is 0. The smallest absolute Gasteiger partial charge is 0.232 e. The number of amides is 1. The van der Waals surface area contributed by atoms with Gasteiger partial charge in [-0.15, -0.1) is 11.8 Å². The molecule has 0 atom stereocenters. The van der Waals surface area contributed by atoms with Crippen molar-refractivity contribution in [2.75, 3.05) is 18.8 Å². The van der Waals surface area contributed by atoms with Crippen LogP contribution in [0.15, 0.2) is 18.5 Å². The molecule has 0 bridgehead atoms. The molecule has 1 aliphatic heterocycles. The third-order valence-corrected chi connectivity index (χ3v) is 6.07. The summed E-state index contributed by atoms with van der Waals surface area (Å²) in [4.78, 5) is 14.3. The van der Waals surface area contributed by atoms with Crippen molar-refractivity contribution in [3.63, 3.8) is 0 Å². The number of aromatic nitrogens is 2. The fourth-order valence-corrected chi connectivity index (χ4v) is 4.60. The molecule has 5 heteroatoms. The van der Waals surface area contributed by atoms with Gasteiger partial charge in [0.15, 0.2) is 0 Å². The van der Waals surface area contributed by atoms with Crippen LogP contribution in [0.5, 0.6) is 0 Å². The quantitative estimate of drug-likeness (QED) is 0.839. The molecular weight excluding hydrogens is 282 g/mol. The van der Waals surface area contributed by atoms with Crippen LogP contribution in [0.3, 0.4) is 0 Å². The first-order valence-electron chi connectivity index (χ1n) is 8.18. The van der Waals surface area contributed by atoms with Crippen LogP contribution in [0, 0.1) is 5.92 Å². The molecule has 2 aliphatic rings. The zero-order valence-corrected chi connectivity index (χ0v) is 13.4. The molecule has 1 saturated heterocycles. The Hall–Kier alpha value is -0.970. The highest BCUT2D eigenvalue weighted by Gasteiger charge is 2.24.